The van der Waals surface area contributed by atoms with Crippen LogP contribution in [0, 0.1) is 5.92 Å². The number of dihydropyridines is 1. The molecule has 0 amide bonds. The number of nitrogens with one attached hydrogen (secondary N) is 1. The third-order valence-electron chi connectivity index (χ3n) is 7.16. The van der Waals surface area contributed by atoms with Gasteiger partial charge < -0.3 is 29.0 Å². The van der Waals surface area contributed by atoms with E-state index in [-0.39, 0.29) is 5.57 Å². The number of ketones is 1. The van der Waals surface area contributed by atoms with E-state index in [1.807, 2.05) is 12.1 Å². The number of hydrogen-bond acceptors (Lipinski definition) is 9. The summed E-state index contributed by atoms with van der Waals surface area (Å²) in [5.41, 5.74) is 3.22. The molecule has 0 aromatic heterocycles. The van der Waals surface area contributed by atoms with E-state index in [0.29, 0.717) is 46.2 Å². The van der Waals surface area contributed by atoms with Crippen LogP contribution in [0.5, 0.6) is 17.2 Å². The average Bonchev–Trinajstić information content (AvgIpc) is 2.95. The number of methoxy groups -OCH3 is 5. The van der Waals surface area contributed by atoms with Crippen molar-refractivity contribution in [3.05, 3.63) is 76.1 Å². The number of ether oxygens (including phenoxy) is 5. The molecular formula is C29H31NO8. The van der Waals surface area contributed by atoms with Crippen LogP contribution in [-0.2, 0) is 23.9 Å². The van der Waals surface area contributed by atoms with Gasteiger partial charge in [-0.2, -0.15) is 0 Å². The molecule has 0 fully saturated rings. The van der Waals surface area contributed by atoms with Gasteiger partial charge in [0.15, 0.2) is 17.3 Å². The number of allylic oxidation sites excluding steroid dienone is 3. The van der Waals surface area contributed by atoms with E-state index in [9.17, 15) is 14.4 Å². The molecule has 1 heterocycles. The Morgan fingerprint density at radius 3 is 2.08 bits per heavy atom. The minimum atomic E-state index is -1.10. The van der Waals surface area contributed by atoms with Crippen LogP contribution in [-0.4, -0.2) is 53.3 Å². The fourth-order valence-electron chi connectivity index (χ4n) is 5.34. The standard InChI is InChI=1S/C29H31NO8/c1-15-23(28(32)37-5)24(17-9-12-21(35-3)22(13-17)36-4)26-20(30-15)14-19(25(27(26)31)29(33)38-6)16-7-10-18(34-2)11-8-16/h7-13,19,24-25,30H,14H2,1-6H3. The van der Waals surface area contributed by atoms with E-state index in [1.165, 1.54) is 28.4 Å². The molecule has 0 radical (unpaired) electrons. The molecule has 2 aromatic carbocycles. The van der Waals surface area contributed by atoms with Crippen LogP contribution >= 0.6 is 0 Å². The lowest BCUT2D eigenvalue weighted by Gasteiger charge is -2.39. The first-order valence-corrected chi connectivity index (χ1v) is 12.1. The molecule has 38 heavy (non-hydrogen) atoms. The number of hydrogen-bond donors (Lipinski definition) is 1. The molecule has 4 rings (SSSR count). The number of rotatable bonds is 7. The minimum absolute atomic E-state index is 0.276. The quantitative estimate of drug-likeness (QED) is 0.431. The molecule has 3 unspecified atom stereocenters. The second-order valence-corrected chi connectivity index (χ2v) is 9.04. The lowest BCUT2D eigenvalue weighted by atomic mass is 9.67. The van der Waals surface area contributed by atoms with Crippen LogP contribution in [0.2, 0.25) is 0 Å². The number of carbonyl (C=O) groups excluding carboxylic acids is 3. The monoisotopic (exact) mass is 521 g/mol. The van der Waals surface area contributed by atoms with Crippen molar-refractivity contribution < 1.29 is 38.1 Å². The maximum atomic E-state index is 14.2. The molecular weight excluding hydrogens is 490 g/mol. The van der Waals surface area contributed by atoms with Gasteiger partial charge in [0.1, 0.15) is 11.7 Å². The van der Waals surface area contributed by atoms with Gasteiger partial charge in [-0.3, -0.25) is 9.59 Å². The van der Waals surface area contributed by atoms with Crippen molar-refractivity contribution in [3.8, 4) is 17.2 Å². The van der Waals surface area contributed by atoms with Crippen molar-refractivity contribution in [2.75, 3.05) is 35.5 Å². The molecule has 9 nitrogen and oxygen atoms in total. The fraction of sp³-hybridized carbons (Fsp3) is 0.345. The number of Topliss-reactive ketones (excluding diaryl/α,β-unsaturated/α-hetero) is 1. The Morgan fingerprint density at radius 2 is 1.50 bits per heavy atom. The van der Waals surface area contributed by atoms with Gasteiger partial charge in [-0.05, 0) is 48.7 Å². The zero-order chi connectivity index (χ0) is 27.6. The van der Waals surface area contributed by atoms with E-state index in [4.69, 9.17) is 23.7 Å². The zero-order valence-corrected chi connectivity index (χ0v) is 22.2. The molecule has 0 bridgehead atoms. The summed E-state index contributed by atoms with van der Waals surface area (Å²) < 4.78 is 26.3. The van der Waals surface area contributed by atoms with Gasteiger partial charge in [-0.25, -0.2) is 4.79 Å². The SMILES string of the molecule is COC(=O)C1=C(C)NC2=C(C(=O)C(C(=O)OC)C(c3ccc(OC)cc3)C2)C1c1ccc(OC)c(OC)c1. The first kappa shape index (κ1) is 26.8. The van der Waals surface area contributed by atoms with Crippen molar-refractivity contribution in [3.63, 3.8) is 0 Å². The topological polar surface area (TPSA) is 109 Å². The summed E-state index contributed by atoms with van der Waals surface area (Å²) in [7, 11) is 7.16. The molecule has 2 aliphatic rings. The predicted molar refractivity (Wildman–Crippen MR) is 138 cm³/mol. The van der Waals surface area contributed by atoms with E-state index >= 15 is 0 Å². The Bertz CT molecular complexity index is 1320. The van der Waals surface area contributed by atoms with Crippen LogP contribution in [0.4, 0.5) is 0 Å². The summed E-state index contributed by atoms with van der Waals surface area (Å²) in [5, 5.41) is 3.27. The maximum Gasteiger partial charge on any atom is 0.336 e. The van der Waals surface area contributed by atoms with Crippen molar-refractivity contribution in [1.82, 2.24) is 5.32 Å². The predicted octanol–water partition coefficient (Wildman–Crippen LogP) is 3.65. The highest BCUT2D eigenvalue weighted by molar-refractivity contribution is 6.13. The van der Waals surface area contributed by atoms with Gasteiger partial charge in [-0.1, -0.05) is 18.2 Å². The Morgan fingerprint density at radius 1 is 0.842 bits per heavy atom. The van der Waals surface area contributed by atoms with Crippen molar-refractivity contribution in [1.29, 1.82) is 0 Å². The second kappa shape index (κ2) is 11.0. The van der Waals surface area contributed by atoms with Gasteiger partial charge >= 0.3 is 11.9 Å². The highest BCUT2D eigenvalue weighted by atomic mass is 16.5. The number of benzene rings is 2. The van der Waals surface area contributed by atoms with Crippen molar-refractivity contribution in [2.24, 2.45) is 5.92 Å². The van der Waals surface area contributed by atoms with Crippen LogP contribution in [0.15, 0.2) is 65.0 Å². The molecule has 2 aromatic rings. The highest BCUT2D eigenvalue weighted by Crippen LogP contribution is 2.49. The molecule has 0 saturated carbocycles. The fourth-order valence-corrected chi connectivity index (χ4v) is 5.34. The van der Waals surface area contributed by atoms with E-state index < -0.39 is 35.5 Å². The smallest absolute Gasteiger partial charge is 0.336 e. The Kier molecular flexibility index (Phi) is 7.75. The normalized spacial score (nSPS) is 20.8. The van der Waals surface area contributed by atoms with Crippen LogP contribution < -0.4 is 19.5 Å². The van der Waals surface area contributed by atoms with E-state index in [1.54, 1.807) is 44.4 Å². The third-order valence-corrected chi connectivity index (χ3v) is 7.16. The summed E-state index contributed by atoms with van der Waals surface area (Å²) in [5.74, 6) is -2.41. The summed E-state index contributed by atoms with van der Waals surface area (Å²) in [4.78, 5) is 40.3. The van der Waals surface area contributed by atoms with Crippen molar-refractivity contribution >= 4 is 17.7 Å². The molecule has 0 saturated heterocycles. The highest BCUT2D eigenvalue weighted by Gasteiger charge is 2.49. The van der Waals surface area contributed by atoms with Gasteiger partial charge in [0.2, 0.25) is 0 Å². The first-order valence-electron chi connectivity index (χ1n) is 12.1. The average molecular weight is 522 g/mol. The Labute approximate surface area is 221 Å². The first-order chi connectivity index (χ1) is 18.3. The van der Waals surface area contributed by atoms with Gasteiger partial charge in [0, 0.05) is 28.8 Å². The van der Waals surface area contributed by atoms with Crippen LogP contribution in [0.3, 0.4) is 0 Å². The molecule has 0 spiro atoms. The summed E-state index contributed by atoms with van der Waals surface area (Å²) in [6.45, 7) is 1.77. The second-order valence-electron chi connectivity index (χ2n) is 9.04. The molecule has 3 atom stereocenters. The minimum Gasteiger partial charge on any atom is -0.497 e. The summed E-state index contributed by atoms with van der Waals surface area (Å²) in [6, 6.07) is 12.5. The molecule has 200 valence electrons. The number of esters is 2. The van der Waals surface area contributed by atoms with Crippen LogP contribution in [0.25, 0.3) is 0 Å². The van der Waals surface area contributed by atoms with Gasteiger partial charge in [0.05, 0.1) is 41.1 Å². The Balaban J connectivity index is 1.91. The molecule has 1 N–H and O–H groups in total. The summed E-state index contributed by atoms with van der Waals surface area (Å²) in [6.07, 6.45) is 0.350. The van der Waals surface area contributed by atoms with E-state index in [2.05, 4.69) is 5.32 Å². The lowest BCUT2D eigenvalue weighted by molar-refractivity contribution is -0.150. The number of carbonyl (C=O) groups is 3. The molecule has 9 heteroatoms. The van der Waals surface area contributed by atoms with Gasteiger partial charge in [0.25, 0.3) is 0 Å². The largest absolute Gasteiger partial charge is 0.497 e. The molecule has 1 aliphatic carbocycles. The van der Waals surface area contributed by atoms with Crippen LogP contribution in [0.1, 0.15) is 36.3 Å². The van der Waals surface area contributed by atoms with Gasteiger partial charge in [-0.15, -0.1) is 0 Å². The lowest BCUT2D eigenvalue weighted by Crippen LogP contribution is -2.43. The summed E-state index contributed by atoms with van der Waals surface area (Å²) >= 11 is 0. The van der Waals surface area contributed by atoms with Crippen molar-refractivity contribution in [2.45, 2.75) is 25.2 Å². The van der Waals surface area contributed by atoms with E-state index in [0.717, 1.165) is 5.56 Å². The maximum absolute atomic E-state index is 14.2. The third kappa shape index (κ3) is 4.60. The zero-order valence-electron chi connectivity index (χ0n) is 22.2. The molecule has 1 aliphatic heterocycles. The Hall–Kier alpha value is -4.27.